The largest absolute Gasteiger partial charge is 0.382 e. The highest BCUT2D eigenvalue weighted by Crippen LogP contribution is 2.26. The van der Waals surface area contributed by atoms with E-state index >= 15 is 0 Å². The van der Waals surface area contributed by atoms with Gasteiger partial charge in [-0.3, -0.25) is 9.69 Å². The minimum Gasteiger partial charge on any atom is -0.382 e. The Hall–Kier alpha value is -1.28. The van der Waals surface area contributed by atoms with Gasteiger partial charge in [0, 0.05) is 38.3 Å². The molecule has 0 unspecified atom stereocenters. The Labute approximate surface area is 175 Å². The van der Waals surface area contributed by atoms with Crippen molar-refractivity contribution in [2.24, 2.45) is 5.92 Å². The van der Waals surface area contributed by atoms with Gasteiger partial charge in [-0.1, -0.05) is 19.0 Å². The number of methoxy groups -OCH3 is 1. The fraction of sp³-hybridized carbons (Fsp3) is 0.818. The molecule has 0 bridgehead atoms. The van der Waals surface area contributed by atoms with Gasteiger partial charge in [0.05, 0.1) is 37.5 Å². The van der Waals surface area contributed by atoms with Crippen LogP contribution in [-0.2, 0) is 30.8 Å². The van der Waals surface area contributed by atoms with E-state index in [1.807, 2.05) is 27.0 Å². The number of carbonyl (C=O) groups is 1. The van der Waals surface area contributed by atoms with Gasteiger partial charge in [-0.25, -0.2) is 0 Å². The van der Waals surface area contributed by atoms with Crippen molar-refractivity contribution in [3.05, 3.63) is 17.5 Å². The van der Waals surface area contributed by atoms with Crippen LogP contribution in [0.2, 0.25) is 0 Å². The molecule has 1 aromatic rings. The Morgan fingerprint density at radius 3 is 2.59 bits per heavy atom. The van der Waals surface area contributed by atoms with E-state index in [1.165, 1.54) is 0 Å². The van der Waals surface area contributed by atoms with Crippen LogP contribution >= 0.6 is 0 Å². The summed E-state index contributed by atoms with van der Waals surface area (Å²) >= 11 is 0. The van der Waals surface area contributed by atoms with Crippen molar-refractivity contribution >= 4 is 5.78 Å². The topological polar surface area (TPSA) is 74.0 Å². The number of likely N-dealkylation sites (N-methyl/N-ethyl adjacent to an activating group) is 1. The molecule has 0 saturated carbocycles. The van der Waals surface area contributed by atoms with Crippen LogP contribution < -0.4 is 0 Å². The van der Waals surface area contributed by atoms with Gasteiger partial charge >= 0.3 is 0 Å². The van der Waals surface area contributed by atoms with E-state index in [9.17, 15) is 4.79 Å². The Bertz CT molecular complexity index is 635. The van der Waals surface area contributed by atoms with E-state index in [0.717, 1.165) is 38.3 Å². The Balaban J connectivity index is 1.92. The predicted molar refractivity (Wildman–Crippen MR) is 111 cm³/mol. The fourth-order valence-corrected chi connectivity index (χ4v) is 3.39. The first-order valence-electron chi connectivity index (χ1n) is 10.5. The number of hydrogen-bond donors (Lipinski definition) is 0. The number of ether oxygens (including phenoxy) is 3. The van der Waals surface area contributed by atoms with Gasteiger partial charge in [0.25, 0.3) is 0 Å². The minimum atomic E-state index is -0.565. The maximum atomic E-state index is 13.0. The summed E-state index contributed by atoms with van der Waals surface area (Å²) in [7, 11) is 3.68. The summed E-state index contributed by atoms with van der Waals surface area (Å²) < 4.78 is 21.6. The molecule has 1 saturated heterocycles. The molecule has 0 aromatic carbocycles. The zero-order valence-corrected chi connectivity index (χ0v) is 19.0. The molecule has 0 spiro atoms. The lowest BCUT2D eigenvalue weighted by atomic mass is 9.89. The standard InChI is InChI=1S/C22H38N2O5/c1-21(2,16-28-12-11-26-6)19-13-18(29-23-19)14-20(25)22(3,4)24(5)15-17-7-9-27-10-8-17/h13,17H,7-12,14-16H2,1-6H3. The second-order valence-corrected chi connectivity index (χ2v) is 9.20. The molecule has 0 aliphatic carbocycles. The van der Waals surface area contributed by atoms with Gasteiger partial charge in [0.15, 0.2) is 5.78 Å². The zero-order chi connectivity index (χ0) is 21.5. The molecule has 2 rings (SSSR count). The molecule has 0 amide bonds. The van der Waals surface area contributed by atoms with E-state index in [2.05, 4.69) is 23.9 Å². The van der Waals surface area contributed by atoms with E-state index in [-0.39, 0.29) is 17.6 Å². The van der Waals surface area contributed by atoms with Crippen LogP contribution in [0.5, 0.6) is 0 Å². The molecule has 29 heavy (non-hydrogen) atoms. The highest BCUT2D eigenvalue weighted by atomic mass is 16.5. The van der Waals surface area contributed by atoms with E-state index in [1.54, 1.807) is 7.11 Å². The third-order valence-corrected chi connectivity index (χ3v) is 5.99. The summed E-state index contributed by atoms with van der Waals surface area (Å²) in [4.78, 5) is 15.2. The van der Waals surface area contributed by atoms with E-state index in [4.69, 9.17) is 18.7 Å². The van der Waals surface area contributed by atoms with Crippen LogP contribution in [0.25, 0.3) is 0 Å². The smallest absolute Gasteiger partial charge is 0.160 e. The van der Waals surface area contributed by atoms with Crippen molar-refractivity contribution in [1.29, 1.82) is 0 Å². The van der Waals surface area contributed by atoms with Crippen LogP contribution in [0.4, 0.5) is 0 Å². The molecule has 1 fully saturated rings. The van der Waals surface area contributed by atoms with Gasteiger partial charge < -0.3 is 18.7 Å². The number of nitrogens with zero attached hydrogens (tertiary/aromatic N) is 2. The van der Waals surface area contributed by atoms with Gasteiger partial charge in [0.2, 0.25) is 0 Å². The van der Waals surface area contributed by atoms with E-state index < -0.39 is 5.54 Å². The molecule has 0 N–H and O–H groups in total. The molecule has 0 atom stereocenters. The highest BCUT2D eigenvalue weighted by molar-refractivity contribution is 5.89. The second kappa shape index (κ2) is 10.7. The van der Waals surface area contributed by atoms with Gasteiger partial charge in [-0.15, -0.1) is 0 Å². The van der Waals surface area contributed by atoms with Crippen LogP contribution in [0.15, 0.2) is 10.6 Å². The molecule has 1 aliphatic rings. The maximum absolute atomic E-state index is 13.0. The third kappa shape index (κ3) is 6.88. The van der Waals surface area contributed by atoms with Crippen molar-refractivity contribution in [1.82, 2.24) is 10.1 Å². The number of rotatable bonds is 12. The first-order chi connectivity index (χ1) is 13.7. The number of aromatic nitrogens is 1. The van der Waals surface area contributed by atoms with Crippen LogP contribution in [-0.4, -0.2) is 75.1 Å². The second-order valence-electron chi connectivity index (χ2n) is 9.20. The molecule has 1 aromatic heterocycles. The molecule has 7 nitrogen and oxygen atoms in total. The van der Waals surface area contributed by atoms with Crippen molar-refractivity contribution in [3.63, 3.8) is 0 Å². The first kappa shape index (κ1) is 24.0. The van der Waals surface area contributed by atoms with Crippen LogP contribution in [0.1, 0.15) is 52.0 Å². The molecular formula is C22H38N2O5. The molecule has 166 valence electrons. The maximum Gasteiger partial charge on any atom is 0.160 e. The first-order valence-corrected chi connectivity index (χ1v) is 10.5. The summed E-state index contributed by atoms with van der Waals surface area (Å²) in [5.41, 5.74) is -0.0659. The monoisotopic (exact) mass is 410 g/mol. The van der Waals surface area contributed by atoms with Crippen molar-refractivity contribution in [3.8, 4) is 0 Å². The lowest BCUT2D eigenvalue weighted by Gasteiger charge is -2.37. The Morgan fingerprint density at radius 2 is 1.93 bits per heavy atom. The van der Waals surface area contributed by atoms with Crippen LogP contribution in [0, 0.1) is 5.92 Å². The average Bonchev–Trinajstić information content (AvgIpc) is 3.15. The molecule has 0 radical (unpaired) electrons. The van der Waals surface area contributed by atoms with Crippen molar-refractivity contribution in [2.75, 3.05) is 53.7 Å². The lowest BCUT2D eigenvalue weighted by Crippen LogP contribution is -2.50. The molecule has 7 heteroatoms. The minimum absolute atomic E-state index is 0.129. The van der Waals surface area contributed by atoms with Gasteiger partial charge in [-0.05, 0) is 39.7 Å². The van der Waals surface area contributed by atoms with Gasteiger partial charge in [-0.2, -0.15) is 0 Å². The summed E-state index contributed by atoms with van der Waals surface area (Å²) in [5, 5.41) is 4.19. The molecular weight excluding hydrogens is 372 g/mol. The SMILES string of the molecule is COCCOCC(C)(C)c1cc(CC(=O)C(C)(C)N(C)CC2CCOCC2)on1. The fourth-order valence-electron chi connectivity index (χ4n) is 3.39. The summed E-state index contributed by atoms with van der Waals surface area (Å²) in [6, 6.07) is 1.88. The van der Waals surface area contributed by atoms with Crippen LogP contribution in [0.3, 0.4) is 0 Å². The Morgan fingerprint density at radius 1 is 1.24 bits per heavy atom. The van der Waals surface area contributed by atoms with Crippen molar-refractivity contribution in [2.45, 2.75) is 57.9 Å². The molecule has 1 aliphatic heterocycles. The predicted octanol–water partition coefficient (Wildman–Crippen LogP) is 2.86. The van der Waals surface area contributed by atoms with Gasteiger partial charge in [0.1, 0.15) is 5.76 Å². The average molecular weight is 411 g/mol. The number of Topliss-reactive ketones (excluding diaryl/α,β-unsaturated/α-hetero) is 1. The zero-order valence-electron chi connectivity index (χ0n) is 19.0. The molecule has 2 heterocycles. The summed E-state index contributed by atoms with van der Waals surface area (Å²) in [6.45, 7) is 12.2. The number of carbonyl (C=O) groups excluding carboxylic acids is 1. The number of hydrogen-bond acceptors (Lipinski definition) is 7. The highest BCUT2D eigenvalue weighted by Gasteiger charge is 2.34. The third-order valence-electron chi connectivity index (χ3n) is 5.99. The summed E-state index contributed by atoms with van der Waals surface area (Å²) in [5.74, 6) is 1.31. The number of ketones is 1. The lowest BCUT2D eigenvalue weighted by molar-refractivity contribution is -0.128. The summed E-state index contributed by atoms with van der Waals surface area (Å²) in [6.07, 6.45) is 2.35. The quantitative estimate of drug-likeness (QED) is 0.491. The van der Waals surface area contributed by atoms with Crippen molar-refractivity contribution < 1.29 is 23.5 Å². The normalized spacial score (nSPS) is 16.5. The Kier molecular flexibility index (Phi) is 8.82. The van der Waals surface area contributed by atoms with E-state index in [0.29, 0.717) is 31.5 Å².